The highest BCUT2D eigenvalue weighted by Crippen LogP contribution is 2.39. The number of allylic oxidation sites excluding steroid dienone is 1. The number of nitrogens with two attached hydrogens (primary N) is 1. The van der Waals surface area contributed by atoms with E-state index in [-0.39, 0.29) is 42.2 Å². The molecule has 0 radical (unpaired) electrons. The molecule has 3 heterocycles. The molecule has 0 unspecified atom stereocenters. The normalized spacial score (nSPS) is 17.0. The molecule has 2 aliphatic heterocycles. The molecule has 2 aromatic rings. The highest BCUT2D eigenvalue weighted by Gasteiger charge is 2.37. The van der Waals surface area contributed by atoms with Gasteiger partial charge in [-0.25, -0.2) is 9.78 Å². The number of imidazole rings is 1. The molecule has 0 bridgehead atoms. The monoisotopic (exact) mass is 398 g/mol. The van der Waals surface area contributed by atoms with E-state index in [2.05, 4.69) is 9.97 Å². The van der Waals surface area contributed by atoms with Crippen LogP contribution in [0.25, 0.3) is 5.57 Å². The number of hydrogen-bond acceptors (Lipinski definition) is 7. The van der Waals surface area contributed by atoms with Crippen LogP contribution in [0.3, 0.4) is 0 Å². The summed E-state index contributed by atoms with van der Waals surface area (Å²) < 4.78 is 11.1. The van der Waals surface area contributed by atoms with Gasteiger partial charge in [-0.15, -0.1) is 0 Å². The molecule has 10 nitrogen and oxygen atoms in total. The number of amides is 1. The Morgan fingerprint density at radius 1 is 1.45 bits per heavy atom. The molecule has 1 amide bonds. The zero-order valence-electron chi connectivity index (χ0n) is 15.5. The van der Waals surface area contributed by atoms with Crippen LogP contribution in [0.5, 0.6) is 11.5 Å². The third-order valence-electron chi connectivity index (χ3n) is 4.95. The molecule has 5 N–H and O–H groups in total. The van der Waals surface area contributed by atoms with Crippen LogP contribution in [-0.2, 0) is 4.79 Å². The first-order chi connectivity index (χ1) is 13.8. The van der Waals surface area contributed by atoms with E-state index >= 15 is 0 Å². The second-order valence-corrected chi connectivity index (χ2v) is 6.93. The number of nitrogens with one attached hydrogen (secondary N) is 1. The van der Waals surface area contributed by atoms with E-state index in [1.54, 1.807) is 25.3 Å². The van der Waals surface area contributed by atoms with Crippen molar-refractivity contribution in [1.82, 2.24) is 14.9 Å². The molecule has 1 atom stereocenters. The largest absolute Gasteiger partial charge is 0.552 e. The molecular formula is C18H19BN4O6. The van der Waals surface area contributed by atoms with Crippen molar-refractivity contribution in [3.05, 3.63) is 47.5 Å². The Morgan fingerprint density at radius 3 is 2.86 bits per heavy atom. The van der Waals surface area contributed by atoms with Crippen molar-refractivity contribution >= 4 is 24.6 Å². The first-order valence-corrected chi connectivity index (χ1v) is 8.98. The Balaban J connectivity index is 1.47. The number of aromatic amines is 1. The van der Waals surface area contributed by atoms with Gasteiger partial charge >= 0.3 is 13.1 Å². The summed E-state index contributed by atoms with van der Waals surface area (Å²) in [5, 5.41) is 19.5. The van der Waals surface area contributed by atoms with E-state index in [4.69, 9.17) is 15.1 Å². The predicted molar refractivity (Wildman–Crippen MR) is 102 cm³/mol. The second kappa shape index (κ2) is 7.26. The third kappa shape index (κ3) is 3.45. The molecule has 0 saturated carbocycles. The predicted octanol–water partition coefficient (Wildman–Crippen LogP) is 0.213. The fourth-order valence-electron chi connectivity index (χ4n) is 3.39. The maximum atomic E-state index is 12.4. The number of likely N-dealkylation sites (tertiary alicyclic amines) is 1. The molecular weight excluding hydrogens is 379 g/mol. The Hall–Kier alpha value is -3.31. The summed E-state index contributed by atoms with van der Waals surface area (Å²) in [6, 6.07) is 2.37. The first-order valence-electron chi connectivity index (χ1n) is 8.98. The number of fused-ring (bicyclic) bond motifs is 1. The fourth-order valence-corrected chi connectivity index (χ4v) is 3.39. The van der Waals surface area contributed by atoms with E-state index in [1.807, 2.05) is 0 Å². The van der Waals surface area contributed by atoms with Gasteiger partial charge in [0.25, 0.3) is 0 Å². The van der Waals surface area contributed by atoms with Gasteiger partial charge in [0, 0.05) is 11.8 Å². The van der Waals surface area contributed by atoms with E-state index in [1.165, 1.54) is 17.2 Å². The Kier molecular flexibility index (Phi) is 4.77. The molecule has 2 aliphatic rings. The van der Waals surface area contributed by atoms with Gasteiger partial charge in [0.2, 0.25) is 5.91 Å². The van der Waals surface area contributed by atoms with Crippen molar-refractivity contribution in [2.24, 2.45) is 5.73 Å². The number of carboxylic acid groups (broad SMARTS) is 1. The van der Waals surface area contributed by atoms with Gasteiger partial charge in [-0.3, -0.25) is 4.79 Å². The van der Waals surface area contributed by atoms with E-state index in [9.17, 15) is 19.7 Å². The van der Waals surface area contributed by atoms with Crippen molar-refractivity contribution in [3.63, 3.8) is 0 Å². The van der Waals surface area contributed by atoms with Crippen LogP contribution >= 0.6 is 0 Å². The molecule has 150 valence electrons. The molecule has 1 aromatic carbocycles. The topological polar surface area (TPSA) is 151 Å². The second-order valence-electron chi connectivity index (χ2n) is 6.93. The zero-order valence-corrected chi connectivity index (χ0v) is 15.5. The number of benzene rings is 1. The van der Waals surface area contributed by atoms with Crippen molar-refractivity contribution in [1.29, 1.82) is 0 Å². The number of carbonyl (C=O) groups excluding carboxylic acids is 1. The molecule has 1 aromatic heterocycles. The summed E-state index contributed by atoms with van der Waals surface area (Å²) in [5.74, 6) is 0.161. The number of carboxylic acids is 1. The van der Waals surface area contributed by atoms with Crippen molar-refractivity contribution in [3.8, 4) is 11.5 Å². The average Bonchev–Trinajstić information content (AvgIpc) is 3.16. The standard InChI is InChI=1S/C18H19BN4O6/c1-9-4-19(27)29-16-11(9)2-3-13(14(16)18(25)26)28-10-6-23(7-10)17(24)15(20)12-5-21-8-22-12/h2-5,8,10,15,27H,6-7,20H2,1H3,(H,21,22)(H,25,26)/t15-/m0/s1. The molecule has 1 saturated heterocycles. The summed E-state index contributed by atoms with van der Waals surface area (Å²) in [7, 11) is -1.23. The van der Waals surface area contributed by atoms with Gasteiger partial charge in [-0.2, -0.15) is 0 Å². The lowest BCUT2D eigenvalue weighted by Gasteiger charge is -2.40. The van der Waals surface area contributed by atoms with Crippen molar-refractivity contribution < 1.29 is 29.1 Å². The molecule has 29 heavy (non-hydrogen) atoms. The SMILES string of the molecule is CC1=CB(O)Oc2c1ccc(OC1CN(C(=O)[C@@H](N)c3c[nH]cn3)C1)c2C(=O)O. The highest BCUT2D eigenvalue weighted by atomic mass is 16.5. The van der Waals surface area contributed by atoms with Crippen LogP contribution < -0.4 is 15.1 Å². The smallest absolute Gasteiger partial charge is 0.532 e. The van der Waals surface area contributed by atoms with E-state index < -0.39 is 19.1 Å². The van der Waals surface area contributed by atoms with Crippen LogP contribution in [0.15, 0.2) is 30.6 Å². The maximum absolute atomic E-state index is 12.4. The van der Waals surface area contributed by atoms with Crippen LogP contribution in [0.2, 0.25) is 0 Å². The summed E-state index contributed by atoms with van der Waals surface area (Å²) >= 11 is 0. The number of hydrogen-bond donors (Lipinski definition) is 4. The first kappa shape index (κ1) is 19.0. The minimum absolute atomic E-state index is 0.0651. The zero-order chi connectivity index (χ0) is 20.7. The van der Waals surface area contributed by atoms with E-state index in [0.717, 1.165) is 0 Å². The van der Waals surface area contributed by atoms with Crippen LogP contribution in [-0.4, -0.2) is 63.2 Å². The summed E-state index contributed by atoms with van der Waals surface area (Å²) in [6.45, 7) is 2.31. The lowest BCUT2D eigenvalue weighted by molar-refractivity contribution is -0.141. The maximum Gasteiger partial charge on any atom is 0.552 e. The van der Waals surface area contributed by atoms with Gasteiger partial charge in [-0.1, -0.05) is 0 Å². The van der Waals surface area contributed by atoms with E-state index in [0.29, 0.717) is 16.8 Å². The fraction of sp³-hybridized carbons (Fsp3) is 0.278. The van der Waals surface area contributed by atoms with Gasteiger partial charge < -0.3 is 35.1 Å². The Bertz CT molecular complexity index is 986. The van der Waals surface area contributed by atoms with Crippen molar-refractivity contribution in [2.75, 3.05) is 13.1 Å². The third-order valence-corrected chi connectivity index (χ3v) is 4.95. The van der Waals surface area contributed by atoms with Crippen LogP contribution in [0.4, 0.5) is 0 Å². The molecule has 0 aliphatic carbocycles. The quantitative estimate of drug-likeness (QED) is 0.522. The lowest BCUT2D eigenvalue weighted by Crippen LogP contribution is -2.58. The van der Waals surface area contributed by atoms with Crippen LogP contribution in [0, 0.1) is 0 Å². The summed E-state index contributed by atoms with van der Waals surface area (Å²) in [4.78, 5) is 32.5. The molecule has 1 fully saturated rings. The minimum Gasteiger partial charge on any atom is -0.532 e. The highest BCUT2D eigenvalue weighted by molar-refractivity contribution is 6.52. The number of rotatable bonds is 5. The Morgan fingerprint density at radius 2 is 2.21 bits per heavy atom. The summed E-state index contributed by atoms with van der Waals surface area (Å²) in [5.41, 5.74) is 7.49. The number of ether oxygens (including phenoxy) is 1. The lowest BCUT2D eigenvalue weighted by atomic mass is 9.81. The van der Waals surface area contributed by atoms with Gasteiger partial charge in [0.05, 0.1) is 25.1 Å². The molecule has 0 spiro atoms. The number of nitrogens with zero attached hydrogens (tertiary/aromatic N) is 2. The summed E-state index contributed by atoms with van der Waals surface area (Å²) in [6.07, 6.45) is 2.63. The number of aromatic nitrogens is 2. The molecule has 4 rings (SSSR count). The van der Waals surface area contributed by atoms with Gasteiger partial charge in [0.1, 0.15) is 29.2 Å². The number of carbonyl (C=O) groups is 2. The van der Waals surface area contributed by atoms with Gasteiger partial charge in [-0.05, 0) is 30.6 Å². The average molecular weight is 398 g/mol. The Labute approximate surface area is 166 Å². The minimum atomic E-state index is -1.23. The molecule has 11 heteroatoms. The van der Waals surface area contributed by atoms with Gasteiger partial charge in [0.15, 0.2) is 0 Å². The number of aromatic carboxylic acids is 1. The number of H-pyrrole nitrogens is 1. The van der Waals surface area contributed by atoms with Crippen molar-refractivity contribution in [2.45, 2.75) is 19.1 Å². The van der Waals surface area contributed by atoms with Crippen LogP contribution in [0.1, 0.15) is 34.6 Å².